The van der Waals surface area contributed by atoms with Gasteiger partial charge in [-0.25, -0.2) is 9.97 Å². The molecular weight excluding hydrogens is 436 g/mol. The molecule has 0 spiro atoms. The first-order chi connectivity index (χ1) is 15.4. The van der Waals surface area contributed by atoms with Crippen LogP contribution in [0.25, 0.3) is 10.7 Å². The van der Waals surface area contributed by atoms with Crippen LogP contribution in [0.4, 0.5) is 19.6 Å². The highest BCUT2D eigenvalue weighted by Crippen LogP contribution is 2.33. The number of imidazole rings is 1. The third-order valence-corrected chi connectivity index (χ3v) is 5.61. The maximum Gasteiger partial charge on any atom is 0.320 e. The molecule has 0 aliphatic heterocycles. The molecule has 0 saturated carbocycles. The van der Waals surface area contributed by atoms with Gasteiger partial charge in [-0.3, -0.25) is 19.5 Å². The summed E-state index contributed by atoms with van der Waals surface area (Å²) in [4.78, 5) is 33.5. The zero-order valence-corrected chi connectivity index (χ0v) is 17.6. The topological polar surface area (TPSA) is 88.9 Å². The monoisotopic (exact) mass is 453 g/mol. The normalized spacial score (nSPS) is 10.9. The number of benzene rings is 2. The van der Waals surface area contributed by atoms with Crippen molar-refractivity contribution < 1.29 is 18.4 Å². The Kier molecular flexibility index (Phi) is 6.04. The fourth-order valence-electron chi connectivity index (χ4n) is 2.97. The quantitative estimate of drug-likeness (QED) is 0.419. The molecular formula is C22H17F2N5O2S. The average Bonchev–Trinajstić information content (AvgIpc) is 3.41. The molecule has 2 aromatic heterocycles. The van der Waals surface area contributed by atoms with Crippen LogP contribution < -0.4 is 10.6 Å². The van der Waals surface area contributed by atoms with E-state index in [1.807, 2.05) is 6.07 Å². The van der Waals surface area contributed by atoms with Gasteiger partial charge in [0.15, 0.2) is 11.0 Å². The minimum absolute atomic E-state index is 0.0917. The van der Waals surface area contributed by atoms with Crippen molar-refractivity contribution in [2.45, 2.75) is 13.5 Å². The average molecular weight is 453 g/mol. The van der Waals surface area contributed by atoms with Crippen LogP contribution >= 0.6 is 11.3 Å². The molecule has 4 rings (SSSR count). The summed E-state index contributed by atoms with van der Waals surface area (Å²) in [5.74, 6) is -0.576. The summed E-state index contributed by atoms with van der Waals surface area (Å²) in [5.41, 5.74) is 1.90. The molecule has 4 aromatic rings. The molecule has 2 amide bonds. The van der Waals surface area contributed by atoms with Crippen molar-refractivity contribution in [3.05, 3.63) is 83.8 Å². The van der Waals surface area contributed by atoms with E-state index in [0.717, 1.165) is 15.9 Å². The van der Waals surface area contributed by atoms with Crippen LogP contribution in [0.2, 0.25) is 0 Å². The van der Waals surface area contributed by atoms with Crippen LogP contribution in [-0.4, -0.2) is 26.3 Å². The van der Waals surface area contributed by atoms with Gasteiger partial charge in [-0.2, -0.15) is 8.78 Å². The molecule has 0 aliphatic carbocycles. The molecule has 0 saturated heterocycles. The van der Waals surface area contributed by atoms with E-state index in [9.17, 15) is 18.4 Å². The molecule has 2 aromatic carbocycles. The van der Waals surface area contributed by atoms with Gasteiger partial charge >= 0.3 is 6.55 Å². The molecule has 0 bridgehead atoms. The number of amides is 2. The van der Waals surface area contributed by atoms with Gasteiger partial charge in [0.05, 0.1) is 10.6 Å². The molecule has 2 heterocycles. The Morgan fingerprint density at radius 3 is 2.31 bits per heavy atom. The number of aromatic nitrogens is 3. The predicted octanol–water partition coefficient (Wildman–Crippen LogP) is 5.21. The SMILES string of the molecule is Cc1nc(NC(=O)c2ccc(NC(=O)c3ccccc3)cc2)sc1-c1nccn1C(F)F. The van der Waals surface area contributed by atoms with Crippen molar-refractivity contribution in [3.8, 4) is 10.7 Å². The molecule has 2 N–H and O–H groups in total. The molecule has 0 fully saturated rings. The number of carbonyl (C=O) groups is 2. The van der Waals surface area contributed by atoms with Crippen molar-refractivity contribution >= 4 is 34.0 Å². The van der Waals surface area contributed by atoms with Crippen LogP contribution in [0.15, 0.2) is 67.0 Å². The van der Waals surface area contributed by atoms with Gasteiger partial charge in [-0.1, -0.05) is 29.5 Å². The Hall–Kier alpha value is -3.92. The lowest BCUT2D eigenvalue weighted by Gasteiger charge is -2.06. The van der Waals surface area contributed by atoms with Gasteiger partial charge in [-0.05, 0) is 43.3 Å². The molecule has 0 aliphatic rings. The second-order valence-corrected chi connectivity index (χ2v) is 7.72. The third kappa shape index (κ3) is 4.54. The van der Waals surface area contributed by atoms with E-state index in [-0.39, 0.29) is 16.9 Å². The third-order valence-electron chi connectivity index (χ3n) is 4.54. The van der Waals surface area contributed by atoms with Gasteiger partial charge in [0.2, 0.25) is 0 Å². The summed E-state index contributed by atoms with van der Waals surface area (Å²) < 4.78 is 27.0. The lowest BCUT2D eigenvalue weighted by atomic mass is 10.1. The first kappa shape index (κ1) is 21.3. The summed E-state index contributed by atoms with van der Waals surface area (Å²) in [6.07, 6.45) is 2.48. The Bertz CT molecular complexity index is 1250. The lowest BCUT2D eigenvalue weighted by Crippen LogP contribution is -2.13. The van der Waals surface area contributed by atoms with E-state index in [0.29, 0.717) is 27.4 Å². The lowest BCUT2D eigenvalue weighted by molar-refractivity contribution is 0.0720. The predicted molar refractivity (Wildman–Crippen MR) is 118 cm³/mol. The number of halogens is 2. The van der Waals surface area contributed by atoms with E-state index in [1.54, 1.807) is 55.5 Å². The Labute approximate surface area is 185 Å². The first-order valence-electron chi connectivity index (χ1n) is 9.49. The number of carbonyl (C=O) groups excluding carboxylic acids is 2. The number of nitrogens with zero attached hydrogens (tertiary/aromatic N) is 3. The van der Waals surface area contributed by atoms with Crippen molar-refractivity contribution in [1.29, 1.82) is 0 Å². The standard InChI is InChI=1S/C22H17F2N5O2S/c1-13-17(18-25-11-12-29(18)21(23)24)32-22(26-13)28-20(31)15-7-9-16(10-8-15)27-19(30)14-5-3-2-4-6-14/h2-12,21H,1H3,(H,27,30)(H,26,28,31). The fraction of sp³-hybridized carbons (Fsp3) is 0.0909. The number of anilines is 2. The van der Waals surface area contributed by atoms with Crippen LogP contribution in [0.5, 0.6) is 0 Å². The maximum absolute atomic E-state index is 13.1. The largest absolute Gasteiger partial charge is 0.322 e. The minimum Gasteiger partial charge on any atom is -0.322 e. The summed E-state index contributed by atoms with van der Waals surface area (Å²) in [6.45, 7) is -1.07. The van der Waals surface area contributed by atoms with E-state index >= 15 is 0 Å². The van der Waals surface area contributed by atoms with E-state index in [1.165, 1.54) is 12.4 Å². The molecule has 0 atom stereocenters. The highest BCUT2D eigenvalue weighted by Gasteiger charge is 2.19. The minimum atomic E-state index is -2.73. The summed E-state index contributed by atoms with van der Waals surface area (Å²) >= 11 is 1.06. The van der Waals surface area contributed by atoms with E-state index in [4.69, 9.17) is 0 Å². The van der Waals surface area contributed by atoms with Crippen LogP contribution in [0.3, 0.4) is 0 Å². The van der Waals surface area contributed by atoms with Crippen molar-refractivity contribution in [1.82, 2.24) is 14.5 Å². The first-order valence-corrected chi connectivity index (χ1v) is 10.3. The maximum atomic E-state index is 13.1. The molecule has 7 nitrogen and oxygen atoms in total. The fourth-order valence-corrected chi connectivity index (χ4v) is 3.93. The second-order valence-electron chi connectivity index (χ2n) is 6.72. The molecule has 162 valence electrons. The van der Waals surface area contributed by atoms with Crippen molar-refractivity contribution in [3.63, 3.8) is 0 Å². The Balaban J connectivity index is 1.44. The van der Waals surface area contributed by atoms with Gasteiger partial charge in [-0.15, -0.1) is 0 Å². The van der Waals surface area contributed by atoms with Crippen molar-refractivity contribution in [2.75, 3.05) is 10.6 Å². The zero-order valence-electron chi connectivity index (χ0n) is 16.8. The summed E-state index contributed by atoms with van der Waals surface area (Å²) in [7, 11) is 0. The van der Waals surface area contributed by atoms with Crippen molar-refractivity contribution in [2.24, 2.45) is 0 Å². The number of alkyl halides is 2. The number of hydrogen-bond acceptors (Lipinski definition) is 5. The Morgan fingerprint density at radius 1 is 0.969 bits per heavy atom. The molecule has 10 heteroatoms. The molecule has 32 heavy (non-hydrogen) atoms. The number of nitrogens with one attached hydrogen (secondary N) is 2. The van der Waals surface area contributed by atoms with Crippen LogP contribution in [0.1, 0.15) is 33.0 Å². The zero-order chi connectivity index (χ0) is 22.7. The van der Waals surface area contributed by atoms with Crippen LogP contribution in [-0.2, 0) is 0 Å². The highest BCUT2D eigenvalue weighted by molar-refractivity contribution is 7.19. The number of thiazole rings is 1. The van der Waals surface area contributed by atoms with Gasteiger partial charge in [0.25, 0.3) is 11.8 Å². The van der Waals surface area contributed by atoms with E-state index in [2.05, 4.69) is 20.6 Å². The van der Waals surface area contributed by atoms with Gasteiger partial charge < -0.3 is 5.32 Å². The van der Waals surface area contributed by atoms with Gasteiger partial charge in [0, 0.05) is 29.2 Å². The van der Waals surface area contributed by atoms with E-state index < -0.39 is 12.5 Å². The number of aryl methyl sites for hydroxylation is 1. The smallest absolute Gasteiger partial charge is 0.320 e. The highest BCUT2D eigenvalue weighted by atomic mass is 32.1. The summed E-state index contributed by atoms with van der Waals surface area (Å²) in [6, 6.07) is 15.2. The van der Waals surface area contributed by atoms with Crippen LogP contribution in [0, 0.1) is 6.92 Å². The number of rotatable bonds is 6. The molecule has 0 unspecified atom stereocenters. The number of hydrogen-bond donors (Lipinski definition) is 2. The second kappa shape index (κ2) is 9.06. The van der Waals surface area contributed by atoms with Gasteiger partial charge in [0.1, 0.15) is 0 Å². The Morgan fingerprint density at radius 2 is 1.62 bits per heavy atom. The molecule has 0 radical (unpaired) electrons. The summed E-state index contributed by atoms with van der Waals surface area (Å²) in [5, 5.41) is 5.71.